The molecule has 14 heteroatoms. The average molecular weight is 665 g/mol. The topological polar surface area (TPSA) is 175 Å². The second-order valence-corrected chi connectivity index (χ2v) is 11.8. The summed E-state index contributed by atoms with van der Waals surface area (Å²) in [5.41, 5.74) is 3.10. The Morgan fingerprint density at radius 3 is 1.33 bits per heavy atom. The van der Waals surface area contributed by atoms with Gasteiger partial charge in [-0.2, -0.15) is 0 Å². The Kier molecular flexibility index (Phi) is 12.4. The van der Waals surface area contributed by atoms with Gasteiger partial charge in [-0.15, -0.1) is 0 Å². The number of carbonyl (C=O) groups is 6. The Hall–Kier alpha value is -5.14. The van der Waals surface area contributed by atoms with Crippen molar-refractivity contribution >= 4 is 47.2 Å². The van der Waals surface area contributed by atoms with Gasteiger partial charge in [0.05, 0.1) is 25.0 Å². The van der Waals surface area contributed by atoms with Crippen molar-refractivity contribution in [3.05, 3.63) is 48.5 Å². The Balaban J connectivity index is 1.23. The van der Waals surface area contributed by atoms with Gasteiger partial charge in [-0.1, -0.05) is 24.3 Å². The third kappa shape index (κ3) is 9.46. The molecular formula is C34H44N6O8. The minimum absolute atomic E-state index is 0.179. The van der Waals surface area contributed by atoms with Gasteiger partial charge < -0.3 is 40.5 Å². The molecule has 4 N–H and O–H groups in total. The van der Waals surface area contributed by atoms with Crippen molar-refractivity contribution in [3.63, 3.8) is 0 Å². The molecule has 2 aliphatic heterocycles. The number of nitrogens with one attached hydrogen (secondary N) is 4. The molecule has 0 aromatic heterocycles. The molecule has 258 valence electrons. The van der Waals surface area contributed by atoms with Gasteiger partial charge in [0.2, 0.25) is 23.6 Å². The number of hydrogen-bond acceptors (Lipinski definition) is 8. The summed E-state index contributed by atoms with van der Waals surface area (Å²) in [5, 5.41) is 10.9. The fraction of sp³-hybridized carbons (Fsp3) is 0.471. The largest absolute Gasteiger partial charge is 0.450 e. The van der Waals surface area contributed by atoms with Crippen LogP contribution in [0.2, 0.25) is 0 Å². The molecule has 0 bridgehead atoms. The number of amides is 6. The van der Waals surface area contributed by atoms with Crippen LogP contribution in [-0.4, -0.2) is 97.1 Å². The first-order valence-electron chi connectivity index (χ1n) is 16.2. The highest BCUT2D eigenvalue weighted by Gasteiger charge is 2.34. The summed E-state index contributed by atoms with van der Waals surface area (Å²) in [7, 11) is 0. The van der Waals surface area contributed by atoms with E-state index in [1.807, 2.05) is 48.5 Å². The summed E-state index contributed by atoms with van der Waals surface area (Å²) >= 11 is 0. The Bertz CT molecular complexity index is 1370. The molecule has 0 aliphatic carbocycles. The molecule has 0 radical (unpaired) electrons. The second-order valence-electron chi connectivity index (χ2n) is 11.8. The van der Waals surface area contributed by atoms with Crippen molar-refractivity contribution in [2.24, 2.45) is 11.8 Å². The minimum Gasteiger partial charge on any atom is -0.450 e. The Morgan fingerprint density at radius 2 is 1.00 bits per heavy atom. The highest BCUT2D eigenvalue weighted by atomic mass is 16.6. The number of rotatable bonds is 11. The molecule has 48 heavy (non-hydrogen) atoms. The van der Waals surface area contributed by atoms with Crippen molar-refractivity contribution in [1.82, 2.24) is 20.4 Å². The third-order valence-corrected chi connectivity index (χ3v) is 8.34. The van der Waals surface area contributed by atoms with Crippen LogP contribution in [0.4, 0.5) is 21.0 Å². The number of carbonyl (C=O) groups excluding carboxylic acids is 6. The van der Waals surface area contributed by atoms with E-state index in [2.05, 4.69) is 21.3 Å². The molecule has 2 heterocycles. The first-order chi connectivity index (χ1) is 23.0. The van der Waals surface area contributed by atoms with E-state index in [1.54, 1.807) is 37.5 Å². The van der Waals surface area contributed by atoms with E-state index in [0.717, 1.165) is 11.1 Å². The zero-order chi connectivity index (χ0) is 34.8. The van der Waals surface area contributed by atoms with Gasteiger partial charge in [-0.3, -0.25) is 19.2 Å². The summed E-state index contributed by atoms with van der Waals surface area (Å²) in [6.45, 7) is 8.34. The van der Waals surface area contributed by atoms with Gasteiger partial charge in [0.25, 0.3) is 0 Å². The maximum absolute atomic E-state index is 12.9. The molecule has 0 saturated carbocycles. The van der Waals surface area contributed by atoms with Crippen molar-refractivity contribution in [2.75, 3.05) is 50.0 Å². The van der Waals surface area contributed by atoms with Gasteiger partial charge in [0.15, 0.2) is 0 Å². The molecule has 2 saturated heterocycles. The normalized spacial score (nSPS) is 18.3. The quantitative estimate of drug-likeness (QED) is 0.283. The summed E-state index contributed by atoms with van der Waals surface area (Å²) in [4.78, 5) is 77.6. The van der Waals surface area contributed by atoms with Gasteiger partial charge in [-0.05, 0) is 75.9 Å². The van der Waals surface area contributed by atoms with E-state index in [9.17, 15) is 28.8 Å². The maximum Gasteiger partial charge on any atom is 0.407 e. The van der Waals surface area contributed by atoms with Gasteiger partial charge >= 0.3 is 12.2 Å². The smallest absolute Gasteiger partial charge is 0.407 e. The molecule has 6 amide bonds. The lowest BCUT2D eigenvalue weighted by Crippen LogP contribution is -2.46. The zero-order valence-electron chi connectivity index (χ0n) is 27.7. The van der Waals surface area contributed by atoms with E-state index >= 15 is 0 Å². The van der Waals surface area contributed by atoms with Crippen LogP contribution in [0.3, 0.4) is 0 Å². The van der Waals surface area contributed by atoms with E-state index < -0.39 is 24.3 Å². The van der Waals surface area contributed by atoms with Crippen molar-refractivity contribution in [1.29, 1.82) is 0 Å². The van der Waals surface area contributed by atoms with Crippen LogP contribution in [0.1, 0.15) is 40.5 Å². The van der Waals surface area contributed by atoms with Crippen LogP contribution in [0, 0.1) is 11.8 Å². The molecule has 2 aromatic rings. The van der Waals surface area contributed by atoms with Crippen molar-refractivity contribution < 1.29 is 38.2 Å². The first kappa shape index (κ1) is 35.7. The second kappa shape index (κ2) is 16.6. The standard InChI is InChI=1S/C34H44N6O8/c1-5-47-33(45)35-21(3)31(43)39-17-15-25(19-39)29(41)37-27-11-7-23(8-12-27)24-9-13-28(14-10-24)38-30(42)26-16-18-40(20-26)32(44)22(4)36-34(46)48-6-2/h7-14,21-22,25-26H,5-6,15-20H2,1-4H3,(H,35,45)(H,36,46)(H,37,41)(H,38,42)/t21?,22?,25-,26+. The van der Waals surface area contributed by atoms with E-state index in [1.165, 1.54) is 0 Å². The number of ether oxygens (including phenoxy) is 2. The van der Waals surface area contributed by atoms with E-state index in [-0.39, 0.29) is 61.8 Å². The van der Waals surface area contributed by atoms with Crippen LogP contribution in [0.25, 0.3) is 11.1 Å². The predicted molar refractivity (Wildman–Crippen MR) is 178 cm³/mol. The SMILES string of the molecule is CCOC(=O)NC(C)C(=O)N1CC[C@@H](C(=O)Nc2ccc(-c3ccc(NC(=O)[C@H]4CCN(C(=O)C(C)NC(=O)OCC)C4)cc3)cc2)C1. The van der Waals surface area contributed by atoms with E-state index in [0.29, 0.717) is 37.3 Å². The molecule has 2 aliphatic rings. The third-order valence-electron chi connectivity index (χ3n) is 8.34. The van der Waals surface area contributed by atoms with Gasteiger partial charge in [0.1, 0.15) is 12.1 Å². The summed E-state index contributed by atoms with van der Waals surface area (Å²) < 4.78 is 9.66. The number of hydrogen-bond donors (Lipinski definition) is 4. The van der Waals surface area contributed by atoms with E-state index in [4.69, 9.17) is 9.47 Å². The van der Waals surface area contributed by atoms with Crippen LogP contribution >= 0.6 is 0 Å². The molecule has 2 fully saturated rings. The summed E-state index contributed by atoms with van der Waals surface area (Å²) in [6, 6.07) is 13.3. The van der Waals surface area contributed by atoms with Crippen molar-refractivity contribution in [2.45, 2.75) is 52.6 Å². The Labute approximate surface area is 279 Å². The molecule has 2 aromatic carbocycles. The van der Waals surface area contributed by atoms with Crippen molar-refractivity contribution in [3.8, 4) is 11.1 Å². The molecular weight excluding hydrogens is 620 g/mol. The maximum atomic E-state index is 12.9. The molecule has 4 atom stereocenters. The highest BCUT2D eigenvalue weighted by molar-refractivity contribution is 5.95. The van der Waals surface area contributed by atoms with Gasteiger partial charge in [-0.25, -0.2) is 9.59 Å². The van der Waals surface area contributed by atoms with Crippen LogP contribution in [-0.2, 0) is 28.7 Å². The minimum atomic E-state index is -0.753. The molecule has 4 rings (SSSR count). The number of nitrogens with zero attached hydrogens (tertiary/aromatic N) is 2. The lowest BCUT2D eigenvalue weighted by atomic mass is 10.0. The van der Waals surface area contributed by atoms with Crippen LogP contribution in [0.15, 0.2) is 48.5 Å². The monoisotopic (exact) mass is 664 g/mol. The predicted octanol–water partition coefficient (Wildman–Crippen LogP) is 3.20. The number of alkyl carbamates (subject to hydrolysis) is 2. The highest BCUT2D eigenvalue weighted by Crippen LogP contribution is 2.26. The van der Waals surface area contributed by atoms with Crippen LogP contribution < -0.4 is 21.3 Å². The number of anilines is 2. The zero-order valence-corrected chi connectivity index (χ0v) is 27.7. The summed E-state index contributed by atoms with van der Waals surface area (Å²) in [5.74, 6) is -1.61. The fourth-order valence-electron chi connectivity index (χ4n) is 5.70. The van der Waals surface area contributed by atoms with Crippen LogP contribution in [0.5, 0.6) is 0 Å². The Morgan fingerprint density at radius 1 is 0.646 bits per heavy atom. The number of benzene rings is 2. The lowest BCUT2D eigenvalue weighted by Gasteiger charge is -2.21. The molecule has 0 spiro atoms. The first-order valence-corrected chi connectivity index (χ1v) is 16.2. The lowest BCUT2D eigenvalue weighted by molar-refractivity contribution is -0.133. The molecule has 2 unspecified atom stereocenters. The summed E-state index contributed by atoms with van der Waals surface area (Å²) in [6.07, 6.45) is -0.261. The van der Waals surface area contributed by atoms with Gasteiger partial charge in [0, 0.05) is 37.6 Å². The average Bonchev–Trinajstić information content (AvgIpc) is 3.76. The molecule has 14 nitrogen and oxygen atoms in total. The number of likely N-dealkylation sites (tertiary alicyclic amines) is 2. The fourth-order valence-corrected chi connectivity index (χ4v) is 5.70.